The van der Waals surface area contributed by atoms with Crippen molar-refractivity contribution >= 4 is 5.97 Å². The maximum Gasteiger partial charge on any atom is 0.310 e. The lowest BCUT2D eigenvalue weighted by Gasteiger charge is -2.17. The Morgan fingerprint density at radius 2 is 2.21 bits per heavy atom. The molecule has 2 atom stereocenters. The Hall–Kier alpha value is -1.39. The molecule has 0 amide bonds. The lowest BCUT2D eigenvalue weighted by molar-refractivity contribution is -0.149. The zero-order valence-corrected chi connectivity index (χ0v) is 11.4. The summed E-state index contributed by atoms with van der Waals surface area (Å²) in [7, 11) is 0. The van der Waals surface area contributed by atoms with E-state index in [0.29, 0.717) is 6.61 Å². The summed E-state index contributed by atoms with van der Waals surface area (Å²) in [6.45, 7) is 4.91. The van der Waals surface area contributed by atoms with Crippen molar-refractivity contribution in [3.63, 3.8) is 0 Å². The summed E-state index contributed by atoms with van der Waals surface area (Å²) in [5.41, 5.74) is 6.80. The van der Waals surface area contributed by atoms with E-state index in [9.17, 15) is 4.79 Å². The molecule has 0 bridgehead atoms. The van der Waals surface area contributed by atoms with E-state index in [4.69, 9.17) is 10.5 Å². The molecule has 1 aromatic carbocycles. The molecule has 4 nitrogen and oxygen atoms in total. The molecule has 1 saturated heterocycles. The van der Waals surface area contributed by atoms with Crippen LogP contribution in [0.15, 0.2) is 30.3 Å². The average Bonchev–Trinajstić information content (AvgIpc) is 2.85. The van der Waals surface area contributed by atoms with Gasteiger partial charge in [-0.1, -0.05) is 30.3 Å². The zero-order valence-electron chi connectivity index (χ0n) is 11.4. The highest BCUT2D eigenvalue weighted by Gasteiger charge is 2.29. The number of carbonyl (C=O) groups is 1. The molecule has 1 aliphatic rings. The Balaban J connectivity index is 1.75. The van der Waals surface area contributed by atoms with Gasteiger partial charge in [-0.2, -0.15) is 0 Å². The molecule has 4 heteroatoms. The first-order valence-corrected chi connectivity index (χ1v) is 6.83. The van der Waals surface area contributed by atoms with Crippen LogP contribution in [0.5, 0.6) is 0 Å². The summed E-state index contributed by atoms with van der Waals surface area (Å²) in [5.74, 6) is -0.0847. The minimum atomic E-state index is -0.0870. The van der Waals surface area contributed by atoms with Crippen LogP contribution in [0.25, 0.3) is 0 Å². The maximum absolute atomic E-state index is 12.0. The van der Waals surface area contributed by atoms with Crippen LogP contribution in [-0.4, -0.2) is 36.5 Å². The van der Waals surface area contributed by atoms with E-state index in [1.54, 1.807) is 0 Å². The van der Waals surface area contributed by atoms with Crippen molar-refractivity contribution in [2.45, 2.75) is 26.0 Å². The van der Waals surface area contributed by atoms with Gasteiger partial charge in [0.05, 0.1) is 5.92 Å². The molecule has 19 heavy (non-hydrogen) atoms. The highest BCUT2D eigenvalue weighted by Crippen LogP contribution is 2.18. The molecule has 0 saturated carbocycles. The van der Waals surface area contributed by atoms with Crippen LogP contribution in [0.1, 0.15) is 18.9 Å². The van der Waals surface area contributed by atoms with Gasteiger partial charge in [-0.3, -0.25) is 4.79 Å². The Labute approximate surface area is 114 Å². The van der Waals surface area contributed by atoms with E-state index in [0.717, 1.165) is 31.6 Å². The minimum absolute atomic E-state index is 0.00228. The summed E-state index contributed by atoms with van der Waals surface area (Å²) in [4.78, 5) is 14.2. The molecule has 2 N–H and O–H groups in total. The van der Waals surface area contributed by atoms with E-state index >= 15 is 0 Å². The van der Waals surface area contributed by atoms with Gasteiger partial charge in [0.1, 0.15) is 6.61 Å². The number of hydrogen-bond acceptors (Lipinski definition) is 4. The van der Waals surface area contributed by atoms with Gasteiger partial charge in [0.25, 0.3) is 0 Å². The zero-order chi connectivity index (χ0) is 13.7. The first-order chi connectivity index (χ1) is 9.15. The highest BCUT2D eigenvalue weighted by atomic mass is 16.5. The van der Waals surface area contributed by atoms with Crippen molar-refractivity contribution < 1.29 is 9.53 Å². The summed E-state index contributed by atoms with van der Waals surface area (Å²) in [6, 6.07) is 9.92. The van der Waals surface area contributed by atoms with Gasteiger partial charge in [-0.05, 0) is 25.5 Å². The number of esters is 1. The first-order valence-electron chi connectivity index (χ1n) is 6.83. The molecule has 1 aromatic rings. The van der Waals surface area contributed by atoms with E-state index in [1.165, 1.54) is 0 Å². The highest BCUT2D eigenvalue weighted by molar-refractivity contribution is 5.73. The SMILES string of the molecule is CC(N)CN1CCC(C(=O)OCc2ccccc2)C1. The second-order valence-electron chi connectivity index (χ2n) is 5.32. The molecular weight excluding hydrogens is 240 g/mol. The van der Waals surface area contributed by atoms with Crippen molar-refractivity contribution in [3.8, 4) is 0 Å². The first kappa shape index (κ1) is 14.0. The van der Waals surface area contributed by atoms with Gasteiger partial charge >= 0.3 is 5.97 Å². The third-order valence-electron chi connectivity index (χ3n) is 3.38. The Kier molecular flexibility index (Phi) is 4.93. The van der Waals surface area contributed by atoms with Crippen molar-refractivity contribution in [2.24, 2.45) is 11.7 Å². The van der Waals surface area contributed by atoms with E-state index < -0.39 is 0 Å². The summed E-state index contributed by atoms with van der Waals surface area (Å²) in [6.07, 6.45) is 0.875. The molecule has 1 heterocycles. The number of benzene rings is 1. The number of hydrogen-bond donors (Lipinski definition) is 1. The second-order valence-corrected chi connectivity index (χ2v) is 5.32. The Morgan fingerprint density at radius 1 is 1.47 bits per heavy atom. The largest absolute Gasteiger partial charge is 0.461 e. The van der Waals surface area contributed by atoms with Gasteiger partial charge < -0.3 is 15.4 Å². The van der Waals surface area contributed by atoms with Gasteiger partial charge in [0.2, 0.25) is 0 Å². The van der Waals surface area contributed by atoms with Crippen LogP contribution in [0.4, 0.5) is 0 Å². The smallest absolute Gasteiger partial charge is 0.310 e. The van der Waals surface area contributed by atoms with Gasteiger partial charge in [0.15, 0.2) is 0 Å². The van der Waals surface area contributed by atoms with Crippen molar-refractivity contribution in [3.05, 3.63) is 35.9 Å². The molecule has 2 rings (SSSR count). The number of rotatable bonds is 5. The summed E-state index contributed by atoms with van der Waals surface area (Å²) >= 11 is 0. The van der Waals surface area contributed by atoms with Crippen molar-refractivity contribution in [1.29, 1.82) is 0 Å². The van der Waals surface area contributed by atoms with Crippen molar-refractivity contribution in [2.75, 3.05) is 19.6 Å². The average molecular weight is 262 g/mol. The van der Waals surface area contributed by atoms with Crippen molar-refractivity contribution in [1.82, 2.24) is 4.90 Å². The molecule has 1 aliphatic heterocycles. The molecule has 1 fully saturated rings. The van der Waals surface area contributed by atoms with Gasteiger partial charge in [0, 0.05) is 19.1 Å². The number of nitrogens with two attached hydrogens (primary N) is 1. The molecule has 0 spiro atoms. The molecule has 0 aromatic heterocycles. The molecule has 104 valence electrons. The number of likely N-dealkylation sites (tertiary alicyclic amines) is 1. The van der Waals surface area contributed by atoms with Gasteiger partial charge in [-0.25, -0.2) is 0 Å². The monoisotopic (exact) mass is 262 g/mol. The predicted molar refractivity (Wildman–Crippen MR) is 74.4 cm³/mol. The second kappa shape index (κ2) is 6.68. The molecule has 0 radical (unpaired) electrons. The lowest BCUT2D eigenvalue weighted by atomic mass is 10.1. The van der Waals surface area contributed by atoms with E-state index in [1.807, 2.05) is 37.3 Å². The number of carbonyl (C=O) groups excluding carboxylic acids is 1. The predicted octanol–water partition coefficient (Wildman–Crippen LogP) is 1.40. The van der Waals surface area contributed by atoms with Crippen LogP contribution in [0, 0.1) is 5.92 Å². The minimum Gasteiger partial charge on any atom is -0.461 e. The fraction of sp³-hybridized carbons (Fsp3) is 0.533. The number of ether oxygens (including phenoxy) is 1. The fourth-order valence-electron chi connectivity index (χ4n) is 2.44. The Bertz CT molecular complexity index is 406. The van der Waals surface area contributed by atoms with Crippen LogP contribution in [0.2, 0.25) is 0 Å². The third-order valence-corrected chi connectivity index (χ3v) is 3.38. The van der Waals surface area contributed by atoms with Crippen LogP contribution >= 0.6 is 0 Å². The standard InChI is InChI=1S/C15H22N2O2/c1-12(16)9-17-8-7-14(10-17)15(18)19-11-13-5-3-2-4-6-13/h2-6,12,14H,7-11,16H2,1H3. The molecular formula is C15H22N2O2. The topological polar surface area (TPSA) is 55.6 Å². The quantitative estimate of drug-likeness (QED) is 0.815. The number of nitrogens with zero attached hydrogens (tertiary/aromatic N) is 1. The summed E-state index contributed by atoms with van der Waals surface area (Å²) in [5, 5.41) is 0. The van der Waals surface area contributed by atoms with Crippen LogP contribution in [0.3, 0.4) is 0 Å². The Morgan fingerprint density at radius 3 is 2.89 bits per heavy atom. The fourth-order valence-corrected chi connectivity index (χ4v) is 2.44. The molecule has 0 aliphatic carbocycles. The summed E-state index contributed by atoms with van der Waals surface area (Å²) < 4.78 is 5.37. The maximum atomic E-state index is 12.0. The molecule has 2 unspecified atom stereocenters. The van der Waals surface area contributed by atoms with E-state index in [2.05, 4.69) is 4.90 Å². The third kappa shape index (κ3) is 4.33. The van der Waals surface area contributed by atoms with Crippen LogP contribution < -0.4 is 5.73 Å². The van der Waals surface area contributed by atoms with E-state index in [-0.39, 0.29) is 17.9 Å². The lowest BCUT2D eigenvalue weighted by Crippen LogP contribution is -2.34. The van der Waals surface area contributed by atoms with Gasteiger partial charge in [-0.15, -0.1) is 0 Å². The normalized spacial score (nSPS) is 21.3. The van der Waals surface area contributed by atoms with Crippen LogP contribution in [-0.2, 0) is 16.1 Å².